The maximum absolute atomic E-state index is 5.34. The van der Waals surface area contributed by atoms with Gasteiger partial charge in [0.25, 0.3) is 0 Å². The molecule has 0 unspecified atom stereocenters. The van der Waals surface area contributed by atoms with Gasteiger partial charge in [0.15, 0.2) is 0 Å². The van der Waals surface area contributed by atoms with Crippen molar-refractivity contribution < 1.29 is 0 Å². The third-order valence-corrected chi connectivity index (χ3v) is 1.02. The summed E-state index contributed by atoms with van der Waals surface area (Å²) < 4.78 is 1.72. The van der Waals surface area contributed by atoms with E-state index in [0.29, 0.717) is 12.4 Å². The van der Waals surface area contributed by atoms with E-state index in [9.17, 15) is 0 Å². The monoisotopic (exact) mass is 126 g/mol. The van der Waals surface area contributed by atoms with E-state index in [1.54, 1.807) is 10.7 Å². The van der Waals surface area contributed by atoms with Gasteiger partial charge in [-0.3, -0.25) is 4.68 Å². The fourth-order valence-corrected chi connectivity index (χ4v) is 0.634. The van der Waals surface area contributed by atoms with Crippen LogP contribution >= 0.6 is 0 Å². The van der Waals surface area contributed by atoms with Gasteiger partial charge in [-0.25, -0.2) is 0 Å². The Kier molecular flexibility index (Phi) is 1.69. The number of hydrogen-bond donors (Lipinski definition) is 2. The number of rotatable bonds is 2. The highest BCUT2D eigenvalue weighted by molar-refractivity contribution is 5.23. The first kappa shape index (κ1) is 6.10. The van der Waals surface area contributed by atoms with Crippen molar-refractivity contribution >= 4 is 5.82 Å². The first-order valence-electron chi connectivity index (χ1n) is 2.82. The van der Waals surface area contributed by atoms with Gasteiger partial charge in [0.2, 0.25) is 0 Å². The zero-order chi connectivity index (χ0) is 6.69. The molecule has 1 aromatic heterocycles. The molecule has 4 N–H and O–H groups in total. The highest BCUT2D eigenvalue weighted by atomic mass is 15.3. The zero-order valence-corrected chi connectivity index (χ0v) is 5.12. The van der Waals surface area contributed by atoms with Crippen molar-refractivity contribution in [2.24, 2.45) is 5.73 Å². The molecule has 0 fully saturated rings. The summed E-state index contributed by atoms with van der Waals surface area (Å²) >= 11 is 0. The molecule has 0 bridgehead atoms. The van der Waals surface area contributed by atoms with Gasteiger partial charge in [-0.15, -0.1) is 0 Å². The molecule has 1 aromatic rings. The molecule has 50 valence electrons. The molecule has 0 saturated carbocycles. The molecule has 4 nitrogen and oxygen atoms in total. The minimum atomic E-state index is 0.545. The number of nitrogens with zero attached hydrogens (tertiary/aromatic N) is 2. The normalized spacial score (nSPS) is 9.89. The highest BCUT2D eigenvalue weighted by Crippen LogP contribution is 1.93. The summed E-state index contributed by atoms with van der Waals surface area (Å²) in [5.41, 5.74) is 10.6. The van der Waals surface area contributed by atoms with E-state index in [1.807, 2.05) is 6.20 Å². The quantitative estimate of drug-likeness (QED) is 0.557. The molecule has 0 aliphatic rings. The number of nitrogens with two attached hydrogens (primary N) is 2. The Hall–Kier alpha value is -1.03. The molecule has 0 atom stereocenters. The van der Waals surface area contributed by atoms with Crippen molar-refractivity contribution in [3.8, 4) is 0 Å². The van der Waals surface area contributed by atoms with Crippen molar-refractivity contribution in [2.45, 2.75) is 6.54 Å². The van der Waals surface area contributed by atoms with Crippen LogP contribution in [0.5, 0.6) is 0 Å². The Labute approximate surface area is 53.4 Å². The SMILES string of the molecule is NCCn1ccc(N)n1. The average molecular weight is 126 g/mol. The van der Waals surface area contributed by atoms with E-state index in [-0.39, 0.29) is 0 Å². The maximum Gasteiger partial charge on any atom is 0.145 e. The van der Waals surface area contributed by atoms with Gasteiger partial charge < -0.3 is 11.5 Å². The van der Waals surface area contributed by atoms with Crippen LogP contribution in [0.15, 0.2) is 12.3 Å². The summed E-state index contributed by atoms with van der Waals surface area (Å²) in [5, 5.41) is 3.91. The zero-order valence-electron chi connectivity index (χ0n) is 5.12. The Morgan fingerprint density at radius 1 is 1.67 bits per heavy atom. The second kappa shape index (κ2) is 2.50. The van der Waals surface area contributed by atoms with Gasteiger partial charge in [0.05, 0.1) is 6.54 Å². The molecule has 4 heteroatoms. The first-order chi connectivity index (χ1) is 4.33. The maximum atomic E-state index is 5.34. The van der Waals surface area contributed by atoms with Gasteiger partial charge in [0, 0.05) is 12.7 Å². The van der Waals surface area contributed by atoms with E-state index < -0.39 is 0 Å². The molecule has 0 radical (unpaired) electrons. The number of hydrogen-bond acceptors (Lipinski definition) is 3. The Morgan fingerprint density at radius 2 is 2.44 bits per heavy atom. The van der Waals surface area contributed by atoms with Crippen LogP contribution in [0, 0.1) is 0 Å². The lowest BCUT2D eigenvalue weighted by Gasteiger charge is -1.93. The predicted molar refractivity (Wildman–Crippen MR) is 35.7 cm³/mol. The molecule has 9 heavy (non-hydrogen) atoms. The Balaban J connectivity index is 2.61. The molecule has 0 aliphatic carbocycles. The van der Waals surface area contributed by atoms with Crippen LogP contribution in [0.4, 0.5) is 5.82 Å². The van der Waals surface area contributed by atoms with Crippen LogP contribution in [0.1, 0.15) is 0 Å². The lowest BCUT2D eigenvalue weighted by Crippen LogP contribution is -2.10. The second-order valence-corrected chi connectivity index (χ2v) is 1.79. The molecular formula is C5H10N4. The number of nitrogen functional groups attached to an aromatic ring is 1. The molecule has 1 heterocycles. The highest BCUT2D eigenvalue weighted by Gasteiger charge is 1.89. The molecule has 0 amide bonds. The van der Waals surface area contributed by atoms with Crippen molar-refractivity contribution in [2.75, 3.05) is 12.3 Å². The van der Waals surface area contributed by atoms with Gasteiger partial charge in [0.1, 0.15) is 5.82 Å². The predicted octanol–water partition coefficient (Wildman–Crippen LogP) is -0.576. The molecular weight excluding hydrogens is 116 g/mol. The van der Waals surface area contributed by atoms with Gasteiger partial charge >= 0.3 is 0 Å². The number of anilines is 1. The largest absolute Gasteiger partial charge is 0.382 e. The van der Waals surface area contributed by atoms with E-state index >= 15 is 0 Å². The van der Waals surface area contributed by atoms with Crippen molar-refractivity contribution in [1.29, 1.82) is 0 Å². The summed E-state index contributed by atoms with van der Waals surface area (Å²) in [5.74, 6) is 0.545. The van der Waals surface area contributed by atoms with Crippen LogP contribution in [0.2, 0.25) is 0 Å². The van der Waals surface area contributed by atoms with Crippen LogP contribution in [-0.2, 0) is 6.54 Å². The van der Waals surface area contributed by atoms with Crippen LogP contribution in [0.25, 0.3) is 0 Å². The first-order valence-corrected chi connectivity index (χ1v) is 2.82. The Morgan fingerprint density at radius 3 is 2.89 bits per heavy atom. The third kappa shape index (κ3) is 1.43. The van der Waals surface area contributed by atoms with Gasteiger partial charge in [-0.1, -0.05) is 0 Å². The topological polar surface area (TPSA) is 69.9 Å². The smallest absolute Gasteiger partial charge is 0.145 e. The molecule has 1 rings (SSSR count). The average Bonchev–Trinajstić information content (AvgIpc) is 2.17. The second-order valence-electron chi connectivity index (χ2n) is 1.79. The molecule has 0 aliphatic heterocycles. The van der Waals surface area contributed by atoms with Gasteiger partial charge in [-0.2, -0.15) is 5.10 Å². The van der Waals surface area contributed by atoms with Crippen LogP contribution in [-0.4, -0.2) is 16.3 Å². The van der Waals surface area contributed by atoms with E-state index in [4.69, 9.17) is 11.5 Å². The summed E-state index contributed by atoms with van der Waals surface area (Å²) in [7, 11) is 0. The summed E-state index contributed by atoms with van der Waals surface area (Å²) in [6.45, 7) is 1.33. The fraction of sp³-hybridized carbons (Fsp3) is 0.400. The Bertz CT molecular complexity index is 181. The fourth-order valence-electron chi connectivity index (χ4n) is 0.634. The standard InChI is InChI=1S/C5H10N4/c6-2-4-9-3-1-5(7)8-9/h1,3H,2,4,6H2,(H2,7,8). The lowest BCUT2D eigenvalue weighted by molar-refractivity contribution is 0.627. The molecule has 0 spiro atoms. The van der Waals surface area contributed by atoms with Gasteiger partial charge in [-0.05, 0) is 6.07 Å². The van der Waals surface area contributed by atoms with E-state index in [0.717, 1.165) is 6.54 Å². The minimum absolute atomic E-state index is 0.545. The molecule has 0 aromatic carbocycles. The summed E-state index contributed by atoms with van der Waals surface area (Å²) in [6.07, 6.45) is 1.81. The third-order valence-electron chi connectivity index (χ3n) is 1.02. The van der Waals surface area contributed by atoms with Crippen molar-refractivity contribution in [3.05, 3.63) is 12.3 Å². The van der Waals surface area contributed by atoms with Crippen molar-refractivity contribution in [1.82, 2.24) is 9.78 Å². The molecule has 0 saturated heterocycles. The summed E-state index contributed by atoms with van der Waals surface area (Å²) in [6, 6.07) is 1.75. The van der Waals surface area contributed by atoms with E-state index in [1.165, 1.54) is 0 Å². The minimum Gasteiger partial charge on any atom is -0.382 e. The number of aromatic nitrogens is 2. The lowest BCUT2D eigenvalue weighted by atomic mass is 10.6. The van der Waals surface area contributed by atoms with Crippen LogP contribution in [0.3, 0.4) is 0 Å². The summed E-state index contributed by atoms with van der Waals surface area (Å²) in [4.78, 5) is 0. The van der Waals surface area contributed by atoms with Crippen LogP contribution < -0.4 is 11.5 Å². The van der Waals surface area contributed by atoms with E-state index in [2.05, 4.69) is 5.10 Å². The van der Waals surface area contributed by atoms with Crippen molar-refractivity contribution in [3.63, 3.8) is 0 Å².